The van der Waals surface area contributed by atoms with Gasteiger partial charge in [-0.15, -0.1) is 11.3 Å². The first-order chi connectivity index (χ1) is 8.24. The number of amides is 1. The van der Waals surface area contributed by atoms with E-state index in [0.29, 0.717) is 4.88 Å². The zero-order valence-electron chi connectivity index (χ0n) is 9.31. The maximum absolute atomic E-state index is 11.9. The number of thioether (sulfide) groups is 1. The summed E-state index contributed by atoms with van der Waals surface area (Å²) in [6.07, 6.45) is 1.03. The van der Waals surface area contributed by atoms with Gasteiger partial charge in [-0.2, -0.15) is 11.8 Å². The number of aliphatic hydroxyl groups is 2. The number of rotatable bonds is 4. The maximum Gasteiger partial charge on any atom is 0.261 e. The van der Waals surface area contributed by atoms with Gasteiger partial charge in [0.25, 0.3) is 5.91 Å². The predicted molar refractivity (Wildman–Crippen MR) is 69.6 cm³/mol. The van der Waals surface area contributed by atoms with Crippen LogP contribution in [0.4, 0.5) is 0 Å². The summed E-state index contributed by atoms with van der Waals surface area (Å²) in [5, 5.41) is 20.4. The third kappa shape index (κ3) is 3.01. The highest BCUT2D eigenvalue weighted by Gasteiger charge is 2.19. The molecule has 0 aliphatic carbocycles. The highest BCUT2D eigenvalue weighted by Crippen LogP contribution is 2.31. The van der Waals surface area contributed by atoms with Gasteiger partial charge in [0.15, 0.2) is 0 Å². The lowest BCUT2D eigenvalue weighted by atomic mass is 10.2. The Kier molecular flexibility index (Phi) is 4.44. The predicted octanol–water partition coefficient (Wildman–Crippen LogP) is 0.620. The van der Waals surface area contributed by atoms with Crippen LogP contribution in [0, 0.1) is 0 Å². The van der Waals surface area contributed by atoms with Crippen molar-refractivity contribution < 1.29 is 15.0 Å². The van der Waals surface area contributed by atoms with E-state index in [0.717, 1.165) is 17.9 Å². The Morgan fingerprint density at radius 3 is 2.88 bits per heavy atom. The van der Waals surface area contributed by atoms with Crippen LogP contribution >= 0.6 is 23.1 Å². The van der Waals surface area contributed by atoms with Crippen LogP contribution < -0.4 is 5.32 Å². The van der Waals surface area contributed by atoms with Crippen molar-refractivity contribution >= 4 is 29.0 Å². The van der Waals surface area contributed by atoms with Gasteiger partial charge in [-0.25, -0.2) is 0 Å². The van der Waals surface area contributed by atoms with Gasteiger partial charge in [0.05, 0.1) is 24.1 Å². The van der Waals surface area contributed by atoms with Crippen molar-refractivity contribution in [3.05, 3.63) is 21.4 Å². The molecule has 1 aliphatic heterocycles. The first kappa shape index (κ1) is 12.9. The highest BCUT2D eigenvalue weighted by atomic mass is 32.2. The topological polar surface area (TPSA) is 69.6 Å². The molecule has 1 aromatic rings. The van der Waals surface area contributed by atoms with E-state index in [2.05, 4.69) is 5.32 Å². The lowest BCUT2D eigenvalue weighted by Crippen LogP contribution is -2.39. The van der Waals surface area contributed by atoms with E-state index >= 15 is 0 Å². The molecule has 1 aromatic heterocycles. The van der Waals surface area contributed by atoms with E-state index in [1.54, 1.807) is 0 Å². The standard InChI is InChI=1S/C11H15NO3S2/c13-4-8(5-14)12-11(15)10-3-7-6-16-2-1-9(7)17-10/h3,8,13-14H,1-2,4-6H2,(H,12,15). The normalized spacial score (nSPS) is 14.8. The first-order valence-corrected chi connectivity index (χ1v) is 7.43. The van der Waals surface area contributed by atoms with Crippen LogP contribution in [0.15, 0.2) is 6.07 Å². The lowest BCUT2D eigenvalue weighted by molar-refractivity contribution is 0.0883. The molecule has 1 aliphatic rings. The molecule has 0 aromatic carbocycles. The van der Waals surface area contributed by atoms with Crippen molar-refractivity contribution in [2.75, 3.05) is 19.0 Å². The smallest absolute Gasteiger partial charge is 0.261 e. The number of nitrogens with one attached hydrogen (secondary N) is 1. The molecule has 0 radical (unpaired) electrons. The van der Waals surface area contributed by atoms with Gasteiger partial charge in [-0.3, -0.25) is 4.79 Å². The quantitative estimate of drug-likeness (QED) is 0.752. The van der Waals surface area contributed by atoms with Crippen LogP contribution in [0.1, 0.15) is 20.1 Å². The van der Waals surface area contributed by atoms with E-state index in [1.165, 1.54) is 21.8 Å². The summed E-state index contributed by atoms with van der Waals surface area (Å²) < 4.78 is 0. The fourth-order valence-electron chi connectivity index (χ4n) is 1.66. The molecule has 0 spiro atoms. The minimum atomic E-state index is -0.573. The van der Waals surface area contributed by atoms with Gasteiger partial charge in [0.2, 0.25) is 0 Å². The molecule has 4 nitrogen and oxygen atoms in total. The molecule has 2 heterocycles. The van der Waals surface area contributed by atoms with Crippen molar-refractivity contribution in [2.45, 2.75) is 18.2 Å². The van der Waals surface area contributed by atoms with Gasteiger partial charge < -0.3 is 15.5 Å². The van der Waals surface area contributed by atoms with Gasteiger partial charge in [0, 0.05) is 10.6 Å². The van der Waals surface area contributed by atoms with Crippen LogP contribution in [0.2, 0.25) is 0 Å². The van der Waals surface area contributed by atoms with Gasteiger partial charge in [-0.05, 0) is 23.8 Å². The second kappa shape index (κ2) is 5.86. The summed E-state index contributed by atoms with van der Waals surface area (Å²) in [6.45, 7) is -0.494. The second-order valence-corrected chi connectivity index (χ2v) is 6.14. The number of hydrogen-bond acceptors (Lipinski definition) is 5. The van der Waals surface area contributed by atoms with Gasteiger partial charge >= 0.3 is 0 Å². The van der Waals surface area contributed by atoms with Crippen molar-refractivity contribution in [3.63, 3.8) is 0 Å². The summed E-state index contributed by atoms with van der Waals surface area (Å²) in [6, 6.07) is 1.35. The third-order valence-electron chi connectivity index (χ3n) is 2.63. The zero-order chi connectivity index (χ0) is 12.3. The molecule has 94 valence electrons. The van der Waals surface area contributed by atoms with Crippen LogP contribution in [-0.4, -0.2) is 41.1 Å². The van der Waals surface area contributed by atoms with Crippen molar-refractivity contribution in [3.8, 4) is 0 Å². The molecule has 3 N–H and O–H groups in total. The molecule has 0 bridgehead atoms. The SMILES string of the molecule is O=C(NC(CO)CO)c1cc2c(s1)CCSC2. The molecule has 1 amide bonds. The number of aryl methyl sites for hydroxylation is 1. The number of carbonyl (C=O) groups is 1. The Morgan fingerprint density at radius 2 is 2.24 bits per heavy atom. The number of carbonyl (C=O) groups excluding carboxylic acids is 1. The minimum absolute atomic E-state index is 0.206. The molecule has 0 unspecified atom stereocenters. The second-order valence-electron chi connectivity index (χ2n) is 3.90. The van der Waals surface area contributed by atoms with E-state index in [9.17, 15) is 4.79 Å². The number of fused-ring (bicyclic) bond motifs is 1. The molecule has 0 fully saturated rings. The minimum Gasteiger partial charge on any atom is -0.394 e. The molecule has 0 atom stereocenters. The van der Waals surface area contributed by atoms with Gasteiger partial charge in [-0.1, -0.05) is 0 Å². The summed E-state index contributed by atoms with van der Waals surface area (Å²) in [7, 11) is 0. The molecular formula is C11H15NO3S2. The summed E-state index contributed by atoms with van der Waals surface area (Å²) in [5.41, 5.74) is 1.25. The highest BCUT2D eigenvalue weighted by molar-refractivity contribution is 7.98. The van der Waals surface area contributed by atoms with Crippen molar-refractivity contribution in [1.29, 1.82) is 0 Å². The van der Waals surface area contributed by atoms with Gasteiger partial charge in [0.1, 0.15) is 0 Å². The van der Waals surface area contributed by atoms with Crippen LogP contribution in [0.5, 0.6) is 0 Å². The lowest BCUT2D eigenvalue weighted by Gasteiger charge is -2.11. The van der Waals surface area contributed by atoms with Crippen LogP contribution in [0.25, 0.3) is 0 Å². The number of aliphatic hydroxyl groups excluding tert-OH is 2. The average molecular weight is 273 g/mol. The third-order valence-corrected chi connectivity index (χ3v) is 4.87. The largest absolute Gasteiger partial charge is 0.394 e. The Labute approximate surface area is 108 Å². The average Bonchev–Trinajstić information content (AvgIpc) is 2.79. The molecule has 0 saturated carbocycles. The molecule has 0 saturated heterocycles. The van der Waals surface area contributed by atoms with Crippen molar-refractivity contribution in [2.24, 2.45) is 0 Å². The summed E-state index contributed by atoms with van der Waals surface area (Å²) in [5.74, 6) is 1.88. The zero-order valence-corrected chi connectivity index (χ0v) is 10.9. The van der Waals surface area contributed by atoms with E-state index < -0.39 is 6.04 Å². The molecule has 6 heteroatoms. The Hall–Kier alpha value is -0.560. The Balaban J connectivity index is 2.06. The maximum atomic E-state index is 11.9. The molecule has 17 heavy (non-hydrogen) atoms. The summed E-state index contributed by atoms with van der Waals surface area (Å²) >= 11 is 3.40. The summed E-state index contributed by atoms with van der Waals surface area (Å²) in [4.78, 5) is 13.8. The van der Waals surface area contributed by atoms with Crippen LogP contribution in [0.3, 0.4) is 0 Å². The van der Waals surface area contributed by atoms with Crippen molar-refractivity contribution in [1.82, 2.24) is 5.32 Å². The van der Waals surface area contributed by atoms with Crippen LogP contribution in [-0.2, 0) is 12.2 Å². The number of hydrogen-bond donors (Lipinski definition) is 3. The first-order valence-electron chi connectivity index (χ1n) is 5.46. The Bertz CT molecular complexity index is 378. The molecular weight excluding hydrogens is 258 g/mol. The molecule has 2 rings (SSSR count). The van der Waals surface area contributed by atoms with E-state index in [-0.39, 0.29) is 19.1 Å². The van der Waals surface area contributed by atoms with E-state index in [4.69, 9.17) is 10.2 Å². The Morgan fingerprint density at radius 1 is 1.47 bits per heavy atom. The monoisotopic (exact) mass is 273 g/mol. The number of thiophene rings is 1. The fraction of sp³-hybridized carbons (Fsp3) is 0.545. The fourth-order valence-corrected chi connectivity index (χ4v) is 3.94. The van der Waals surface area contributed by atoms with E-state index in [1.807, 2.05) is 17.8 Å².